The summed E-state index contributed by atoms with van der Waals surface area (Å²) in [6, 6.07) is 2.41. The molecule has 0 aliphatic heterocycles. The Bertz CT molecular complexity index is 344. The van der Waals surface area contributed by atoms with Crippen molar-refractivity contribution in [2.45, 2.75) is 18.9 Å². The zero-order chi connectivity index (χ0) is 11.5. The number of amides is 1. The number of nitrogens with one attached hydrogen (secondary N) is 1. The van der Waals surface area contributed by atoms with Crippen LogP contribution in [0.15, 0.2) is 16.8 Å². The summed E-state index contributed by atoms with van der Waals surface area (Å²) in [5.74, 6) is 0.521. The summed E-state index contributed by atoms with van der Waals surface area (Å²) in [7, 11) is 4.09. The van der Waals surface area contributed by atoms with Gasteiger partial charge in [-0.1, -0.05) is 0 Å². The lowest BCUT2D eigenvalue weighted by Gasteiger charge is -2.24. The molecule has 1 N–H and O–H groups in total. The van der Waals surface area contributed by atoms with Gasteiger partial charge in [-0.05, 0) is 49.3 Å². The van der Waals surface area contributed by atoms with Crippen LogP contribution < -0.4 is 5.32 Å². The number of rotatable bonds is 5. The number of nitrogens with zero attached hydrogens (tertiary/aromatic N) is 1. The molecule has 1 aromatic heterocycles. The van der Waals surface area contributed by atoms with Crippen LogP contribution in [0.2, 0.25) is 0 Å². The molecule has 0 saturated heterocycles. The van der Waals surface area contributed by atoms with Crippen molar-refractivity contribution in [3.05, 3.63) is 22.4 Å². The van der Waals surface area contributed by atoms with E-state index in [1.807, 2.05) is 14.1 Å². The van der Waals surface area contributed by atoms with E-state index in [4.69, 9.17) is 0 Å². The van der Waals surface area contributed by atoms with Gasteiger partial charge in [0.25, 0.3) is 0 Å². The lowest BCUT2D eigenvalue weighted by molar-refractivity contribution is -0.122. The molecule has 2 rings (SSSR count). The molecule has 1 amide bonds. The molecule has 0 radical (unpaired) electrons. The maximum absolute atomic E-state index is 11.6. The molecule has 4 heteroatoms. The fourth-order valence-corrected chi connectivity index (χ4v) is 2.46. The molecular weight excluding hydrogens is 220 g/mol. The van der Waals surface area contributed by atoms with Gasteiger partial charge in [-0.3, -0.25) is 4.79 Å². The monoisotopic (exact) mass is 238 g/mol. The quantitative estimate of drug-likeness (QED) is 0.849. The fraction of sp³-hybridized carbons (Fsp3) is 0.583. The normalized spacial score (nSPS) is 17.4. The highest BCUT2D eigenvalue weighted by molar-refractivity contribution is 7.07. The van der Waals surface area contributed by atoms with Gasteiger partial charge in [0.15, 0.2) is 0 Å². The zero-order valence-corrected chi connectivity index (χ0v) is 10.6. The molecule has 0 spiro atoms. The van der Waals surface area contributed by atoms with Crippen LogP contribution in [0.1, 0.15) is 24.4 Å². The molecule has 1 unspecified atom stereocenters. The van der Waals surface area contributed by atoms with E-state index in [0.717, 1.165) is 12.8 Å². The summed E-state index contributed by atoms with van der Waals surface area (Å²) < 4.78 is 0. The van der Waals surface area contributed by atoms with Crippen LogP contribution in [-0.4, -0.2) is 31.4 Å². The fourth-order valence-electron chi connectivity index (χ4n) is 1.75. The predicted molar refractivity (Wildman–Crippen MR) is 66.5 cm³/mol. The molecule has 0 aromatic carbocycles. The van der Waals surface area contributed by atoms with Crippen molar-refractivity contribution in [1.29, 1.82) is 0 Å². The predicted octanol–water partition coefficient (Wildman–Crippen LogP) is 1.88. The van der Waals surface area contributed by atoms with Gasteiger partial charge in [0.05, 0.1) is 6.04 Å². The van der Waals surface area contributed by atoms with E-state index in [1.54, 1.807) is 11.3 Å². The SMILES string of the molecule is CN(C)C(CNC(=O)C1CC1)c1ccsc1. The molecule has 1 atom stereocenters. The summed E-state index contributed by atoms with van der Waals surface area (Å²) in [5.41, 5.74) is 1.28. The molecule has 0 bridgehead atoms. The van der Waals surface area contributed by atoms with Gasteiger partial charge < -0.3 is 10.2 Å². The van der Waals surface area contributed by atoms with E-state index in [-0.39, 0.29) is 11.9 Å². The number of carbonyl (C=O) groups excluding carboxylic acids is 1. The minimum Gasteiger partial charge on any atom is -0.354 e. The number of carbonyl (C=O) groups is 1. The molecule has 16 heavy (non-hydrogen) atoms. The van der Waals surface area contributed by atoms with Crippen molar-refractivity contribution < 1.29 is 4.79 Å². The van der Waals surface area contributed by atoms with Crippen LogP contribution in [0.3, 0.4) is 0 Å². The molecule has 1 aromatic rings. The topological polar surface area (TPSA) is 32.3 Å². The highest BCUT2D eigenvalue weighted by Gasteiger charge is 2.30. The van der Waals surface area contributed by atoms with E-state index in [2.05, 4.69) is 27.0 Å². The maximum atomic E-state index is 11.6. The van der Waals surface area contributed by atoms with Crippen LogP contribution in [0.5, 0.6) is 0 Å². The molecule has 1 aliphatic rings. The third-order valence-corrected chi connectivity index (χ3v) is 3.67. The minimum absolute atomic E-state index is 0.224. The second kappa shape index (κ2) is 4.97. The number of hydrogen-bond acceptors (Lipinski definition) is 3. The summed E-state index contributed by atoms with van der Waals surface area (Å²) in [6.45, 7) is 0.707. The van der Waals surface area contributed by atoms with E-state index >= 15 is 0 Å². The van der Waals surface area contributed by atoms with Gasteiger partial charge in [0.2, 0.25) is 5.91 Å². The van der Waals surface area contributed by atoms with Crippen LogP contribution in [0, 0.1) is 5.92 Å². The van der Waals surface area contributed by atoms with Gasteiger partial charge in [-0.2, -0.15) is 11.3 Å². The van der Waals surface area contributed by atoms with E-state index in [0.29, 0.717) is 12.5 Å². The maximum Gasteiger partial charge on any atom is 0.223 e. The van der Waals surface area contributed by atoms with Crippen molar-refractivity contribution in [3.63, 3.8) is 0 Å². The zero-order valence-electron chi connectivity index (χ0n) is 9.77. The van der Waals surface area contributed by atoms with Crippen molar-refractivity contribution in [1.82, 2.24) is 10.2 Å². The van der Waals surface area contributed by atoms with Crippen LogP contribution in [0.4, 0.5) is 0 Å². The molecule has 1 aliphatic carbocycles. The second-order valence-corrected chi connectivity index (χ2v) is 5.34. The average molecular weight is 238 g/mol. The smallest absolute Gasteiger partial charge is 0.223 e. The first-order valence-electron chi connectivity index (χ1n) is 5.64. The van der Waals surface area contributed by atoms with Crippen molar-refractivity contribution in [2.75, 3.05) is 20.6 Å². The van der Waals surface area contributed by atoms with E-state index in [1.165, 1.54) is 5.56 Å². The highest BCUT2D eigenvalue weighted by atomic mass is 32.1. The van der Waals surface area contributed by atoms with Crippen molar-refractivity contribution in [2.24, 2.45) is 5.92 Å². The Kier molecular flexibility index (Phi) is 3.61. The Hall–Kier alpha value is -0.870. The Morgan fingerprint density at radius 3 is 2.88 bits per heavy atom. The Balaban J connectivity index is 1.90. The van der Waals surface area contributed by atoms with Gasteiger partial charge in [-0.25, -0.2) is 0 Å². The summed E-state index contributed by atoms with van der Waals surface area (Å²) in [5, 5.41) is 7.26. The number of likely N-dealkylation sites (N-methyl/N-ethyl adjacent to an activating group) is 1. The summed E-state index contributed by atoms with van der Waals surface area (Å²) in [4.78, 5) is 13.7. The molecule has 3 nitrogen and oxygen atoms in total. The van der Waals surface area contributed by atoms with Gasteiger partial charge >= 0.3 is 0 Å². The van der Waals surface area contributed by atoms with E-state index < -0.39 is 0 Å². The molecule has 1 fully saturated rings. The van der Waals surface area contributed by atoms with Gasteiger partial charge in [0, 0.05) is 12.5 Å². The van der Waals surface area contributed by atoms with Crippen molar-refractivity contribution in [3.8, 4) is 0 Å². The molecule has 1 saturated carbocycles. The Morgan fingerprint density at radius 1 is 1.62 bits per heavy atom. The molecular formula is C12H18N2OS. The van der Waals surface area contributed by atoms with Crippen LogP contribution >= 0.6 is 11.3 Å². The van der Waals surface area contributed by atoms with E-state index in [9.17, 15) is 4.79 Å². The highest BCUT2D eigenvalue weighted by Crippen LogP contribution is 2.29. The Morgan fingerprint density at radius 2 is 2.38 bits per heavy atom. The first kappa shape index (κ1) is 11.6. The Labute approximate surface area is 100 Å². The second-order valence-electron chi connectivity index (χ2n) is 4.56. The number of thiophene rings is 1. The average Bonchev–Trinajstić information content (AvgIpc) is 2.96. The van der Waals surface area contributed by atoms with Gasteiger partial charge in [-0.15, -0.1) is 0 Å². The lowest BCUT2D eigenvalue weighted by atomic mass is 10.1. The lowest BCUT2D eigenvalue weighted by Crippen LogP contribution is -2.35. The summed E-state index contributed by atoms with van der Waals surface area (Å²) in [6.07, 6.45) is 2.13. The van der Waals surface area contributed by atoms with Crippen molar-refractivity contribution >= 4 is 17.2 Å². The molecule has 1 heterocycles. The summed E-state index contributed by atoms with van der Waals surface area (Å²) >= 11 is 1.70. The first-order valence-corrected chi connectivity index (χ1v) is 6.59. The largest absolute Gasteiger partial charge is 0.354 e. The number of hydrogen-bond donors (Lipinski definition) is 1. The standard InChI is InChI=1S/C12H18N2OS/c1-14(2)11(10-5-6-16-8-10)7-13-12(15)9-3-4-9/h5-6,8-9,11H,3-4,7H2,1-2H3,(H,13,15). The third kappa shape index (κ3) is 2.83. The van der Waals surface area contributed by atoms with Crippen LogP contribution in [0.25, 0.3) is 0 Å². The minimum atomic E-state index is 0.224. The van der Waals surface area contributed by atoms with Gasteiger partial charge in [0.1, 0.15) is 0 Å². The van der Waals surface area contributed by atoms with Crippen LogP contribution in [-0.2, 0) is 4.79 Å². The third-order valence-electron chi connectivity index (χ3n) is 2.97. The molecule has 88 valence electrons. The first-order chi connectivity index (χ1) is 7.68.